The van der Waals surface area contributed by atoms with Crippen molar-refractivity contribution in [2.45, 2.75) is 18.9 Å². The van der Waals surface area contributed by atoms with Crippen molar-refractivity contribution < 1.29 is 9.84 Å². The first kappa shape index (κ1) is 11.4. The Labute approximate surface area is 111 Å². The van der Waals surface area contributed by atoms with Gasteiger partial charge in [0.05, 0.1) is 11.1 Å². The van der Waals surface area contributed by atoms with Crippen molar-refractivity contribution in [3.63, 3.8) is 0 Å². The van der Waals surface area contributed by atoms with Gasteiger partial charge in [-0.05, 0) is 48.2 Å². The topological polar surface area (TPSA) is 29.5 Å². The Bertz CT molecular complexity index is 559. The predicted octanol–water partition coefficient (Wildman–Crippen LogP) is 4.25. The molecule has 3 rings (SSSR count). The molecule has 0 aromatic heterocycles. The zero-order valence-corrected chi connectivity index (χ0v) is 10.5. The smallest absolute Gasteiger partial charge is 0.134 e. The Kier molecular flexibility index (Phi) is 2.88. The molecule has 1 saturated carbocycles. The van der Waals surface area contributed by atoms with Crippen LogP contribution < -0.4 is 4.74 Å². The predicted molar refractivity (Wildman–Crippen MR) is 72.2 cm³/mol. The number of halogens is 1. The summed E-state index contributed by atoms with van der Waals surface area (Å²) >= 11 is 5.90. The minimum atomic E-state index is 0.106. The maximum atomic E-state index is 9.39. The van der Waals surface area contributed by atoms with E-state index in [-0.39, 0.29) is 5.75 Å². The molecule has 1 N–H and O–H groups in total. The molecule has 1 aliphatic carbocycles. The number of phenols is 1. The number of hydrogen-bond acceptors (Lipinski definition) is 2. The van der Waals surface area contributed by atoms with Gasteiger partial charge in [0.15, 0.2) is 0 Å². The molecule has 0 bridgehead atoms. The minimum absolute atomic E-state index is 0.106. The van der Waals surface area contributed by atoms with Crippen LogP contribution >= 0.6 is 11.6 Å². The van der Waals surface area contributed by atoms with Gasteiger partial charge in [0, 0.05) is 0 Å². The van der Waals surface area contributed by atoms with Gasteiger partial charge in [0.1, 0.15) is 11.5 Å². The fourth-order valence-corrected chi connectivity index (χ4v) is 1.97. The van der Waals surface area contributed by atoms with Crippen molar-refractivity contribution in [3.05, 3.63) is 47.5 Å². The molecule has 2 aromatic carbocycles. The first-order valence-corrected chi connectivity index (χ1v) is 6.36. The van der Waals surface area contributed by atoms with Gasteiger partial charge in [-0.25, -0.2) is 0 Å². The summed E-state index contributed by atoms with van der Waals surface area (Å²) in [5.41, 5.74) is 2.04. The summed E-state index contributed by atoms with van der Waals surface area (Å²) in [4.78, 5) is 0. The quantitative estimate of drug-likeness (QED) is 0.894. The second-order valence-electron chi connectivity index (χ2n) is 4.51. The molecule has 0 atom stereocenters. The maximum Gasteiger partial charge on any atom is 0.134 e. The molecule has 3 heteroatoms. The van der Waals surface area contributed by atoms with Gasteiger partial charge in [-0.1, -0.05) is 29.8 Å². The molecule has 0 saturated heterocycles. The van der Waals surface area contributed by atoms with E-state index >= 15 is 0 Å². The normalized spacial score (nSPS) is 14.5. The number of ether oxygens (including phenoxy) is 1. The van der Waals surface area contributed by atoms with Gasteiger partial charge in [0.2, 0.25) is 0 Å². The highest BCUT2D eigenvalue weighted by molar-refractivity contribution is 6.32. The zero-order chi connectivity index (χ0) is 12.5. The molecule has 1 aliphatic rings. The third kappa shape index (κ3) is 2.44. The van der Waals surface area contributed by atoms with Crippen LogP contribution in [0, 0.1) is 0 Å². The third-order valence-electron chi connectivity index (χ3n) is 2.96. The summed E-state index contributed by atoms with van der Waals surface area (Å²) in [6.07, 6.45) is 2.74. The molecule has 2 aromatic rings. The largest absolute Gasteiger partial charge is 0.506 e. The number of aromatic hydroxyl groups is 1. The number of rotatable bonds is 3. The van der Waals surface area contributed by atoms with Crippen LogP contribution in [0.3, 0.4) is 0 Å². The number of hydrogen-bond donors (Lipinski definition) is 1. The summed E-state index contributed by atoms with van der Waals surface area (Å²) < 4.78 is 5.69. The van der Waals surface area contributed by atoms with Crippen molar-refractivity contribution in [1.82, 2.24) is 0 Å². The molecular weight excluding hydrogens is 248 g/mol. The van der Waals surface area contributed by atoms with Gasteiger partial charge in [0.25, 0.3) is 0 Å². The lowest BCUT2D eigenvalue weighted by molar-refractivity contribution is 0.303. The highest BCUT2D eigenvalue weighted by atomic mass is 35.5. The number of benzene rings is 2. The van der Waals surface area contributed by atoms with Gasteiger partial charge >= 0.3 is 0 Å². The second kappa shape index (κ2) is 4.54. The van der Waals surface area contributed by atoms with Gasteiger partial charge in [-0.3, -0.25) is 0 Å². The SMILES string of the molecule is Oc1ccc(-c2ccc(OC3CC3)cc2)cc1Cl. The Morgan fingerprint density at radius 3 is 2.28 bits per heavy atom. The van der Waals surface area contributed by atoms with E-state index in [9.17, 15) is 5.11 Å². The summed E-state index contributed by atoms with van der Waals surface area (Å²) in [5, 5.41) is 9.76. The lowest BCUT2D eigenvalue weighted by Crippen LogP contribution is -1.95. The molecule has 0 heterocycles. The van der Waals surface area contributed by atoms with E-state index in [1.165, 1.54) is 0 Å². The van der Waals surface area contributed by atoms with E-state index in [0.717, 1.165) is 29.7 Å². The number of phenolic OH excluding ortho intramolecular Hbond substituents is 1. The Hall–Kier alpha value is -1.67. The molecule has 1 fully saturated rings. The fraction of sp³-hybridized carbons (Fsp3) is 0.200. The average Bonchev–Trinajstić information content (AvgIpc) is 3.18. The average molecular weight is 261 g/mol. The monoisotopic (exact) mass is 260 g/mol. The first-order valence-electron chi connectivity index (χ1n) is 5.98. The van der Waals surface area contributed by atoms with Crippen molar-refractivity contribution in [3.8, 4) is 22.6 Å². The summed E-state index contributed by atoms with van der Waals surface area (Å²) in [5.74, 6) is 1.01. The molecule has 0 radical (unpaired) electrons. The van der Waals surface area contributed by atoms with Crippen LogP contribution in [0.15, 0.2) is 42.5 Å². The molecule has 0 aliphatic heterocycles. The highest BCUT2D eigenvalue weighted by Crippen LogP contribution is 2.31. The van der Waals surface area contributed by atoms with E-state index in [1.807, 2.05) is 30.3 Å². The van der Waals surface area contributed by atoms with E-state index in [2.05, 4.69) is 0 Å². The third-order valence-corrected chi connectivity index (χ3v) is 3.27. The Balaban J connectivity index is 1.84. The van der Waals surface area contributed by atoms with Crippen LogP contribution in [0.1, 0.15) is 12.8 Å². The standard InChI is InChI=1S/C15H13ClO2/c16-14-9-11(3-8-15(14)17)10-1-4-12(5-2-10)18-13-6-7-13/h1-5,8-9,13,17H,6-7H2. The zero-order valence-electron chi connectivity index (χ0n) is 9.77. The van der Waals surface area contributed by atoms with Crippen LogP contribution in [-0.4, -0.2) is 11.2 Å². The summed E-state index contributed by atoms with van der Waals surface area (Å²) in [6.45, 7) is 0. The fourth-order valence-electron chi connectivity index (χ4n) is 1.79. The Morgan fingerprint density at radius 2 is 1.67 bits per heavy atom. The molecule has 0 amide bonds. The van der Waals surface area contributed by atoms with E-state index < -0.39 is 0 Å². The molecule has 2 nitrogen and oxygen atoms in total. The molecule has 18 heavy (non-hydrogen) atoms. The van der Waals surface area contributed by atoms with Gasteiger partial charge in [-0.2, -0.15) is 0 Å². The summed E-state index contributed by atoms with van der Waals surface area (Å²) in [6, 6.07) is 13.1. The van der Waals surface area contributed by atoms with Crippen LogP contribution in [0.25, 0.3) is 11.1 Å². The highest BCUT2D eigenvalue weighted by Gasteiger charge is 2.23. The van der Waals surface area contributed by atoms with Crippen LogP contribution in [0.4, 0.5) is 0 Å². The van der Waals surface area contributed by atoms with Gasteiger partial charge < -0.3 is 9.84 Å². The van der Waals surface area contributed by atoms with Crippen LogP contribution in [0.2, 0.25) is 5.02 Å². The summed E-state index contributed by atoms with van der Waals surface area (Å²) in [7, 11) is 0. The van der Waals surface area contributed by atoms with Crippen molar-refractivity contribution in [2.75, 3.05) is 0 Å². The lowest BCUT2D eigenvalue weighted by Gasteiger charge is -2.07. The van der Waals surface area contributed by atoms with Crippen molar-refractivity contribution in [1.29, 1.82) is 0 Å². The molecule has 0 spiro atoms. The first-order chi connectivity index (χ1) is 8.72. The van der Waals surface area contributed by atoms with E-state index in [0.29, 0.717) is 11.1 Å². The van der Waals surface area contributed by atoms with Crippen molar-refractivity contribution >= 4 is 11.6 Å². The second-order valence-corrected chi connectivity index (χ2v) is 4.91. The van der Waals surface area contributed by atoms with Gasteiger partial charge in [-0.15, -0.1) is 0 Å². The minimum Gasteiger partial charge on any atom is -0.506 e. The van der Waals surface area contributed by atoms with E-state index in [4.69, 9.17) is 16.3 Å². The lowest BCUT2D eigenvalue weighted by atomic mass is 10.1. The molecule has 92 valence electrons. The molecular formula is C15H13ClO2. The maximum absolute atomic E-state index is 9.39. The van der Waals surface area contributed by atoms with E-state index in [1.54, 1.807) is 12.1 Å². The van der Waals surface area contributed by atoms with Crippen LogP contribution in [-0.2, 0) is 0 Å². The Morgan fingerprint density at radius 1 is 1.00 bits per heavy atom. The van der Waals surface area contributed by atoms with Crippen molar-refractivity contribution in [2.24, 2.45) is 0 Å². The van der Waals surface area contributed by atoms with Crippen LogP contribution in [0.5, 0.6) is 11.5 Å². The molecule has 0 unspecified atom stereocenters.